The quantitative estimate of drug-likeness (QED) is 0.769. The van der Waals surface area contributed by atoms with Crippen molar-refractivity contribution in [3.63, 3.8) is 0 Å². The van der Waals surface area contributed by atoms with Crippen LogP contribution in [0.2, 0.25) is 0 Å². The van der Waals surface area contributed by atoms with Gasteiger partial charge >= 0.3 is 5.97 Å². The van der Waals surface area contributed by atoms with E-state index in [2.05, 4.69) is 25.6 Å². The van der Waals surface area contributed by atoms with Crippen LogP contribution in [0.5, 0.6) is 5.88 Å². The number of rotatable bonds is 6. The number of anilines is 1. The molecule has 2 aromatic rings. The molecular formula is C11H14N6O3. The van der Waals surface area contributed by atoms with Gasteiger partial charge in [-0.05, 0) is 6.92 Å². The summed E-state index contributed by atoms with van der Waals surface area (Å²) in [4.78, 5) is 18.8. The highest BCUT2D eigenvalue weighted by Crippen LogP contribution is 2.19. The number of nitrogens with one attached hydrogen (secondary N) is 1. The lowest BCUT2D eigenvalue weighted by molar-refractivity contribution is 0.0690. The first-order valence-electron chi connectivity index (χ1n) is 5.84. The van der Waals surface area contributed by atoms with Crippen molar-refractivity contribution in [2.45, 2.75) is 13.5 Å². The Labute approximate surface area is 114 Å². The molecule has 9 nitrogen and oxygen atoms in total. The van der Waals surface area contributed by atoms with Crippen molar-refractivity contribution in [2.24, 2.45) is 0 Å². The monoisotopic (exact) mass is 278 g/mol. The third-order valence-electron chi connectivity index (χ3n) is 2.62. The fourth-order valence-electron chi connectivity index (χ4n) is 1.61. The third-order valence-corrected chi connectivity index (χ3v) is 2.62. The van der Waals surface area contributed by atoms with Gasteiger partial charge in [0.15, 0.2) is 5.69 Å². The number of carboxylic acid groups (broad SMARTS) is 1. The molecule has 106 valence electrons. The van der Waals surface area contributed by atoms with Gasteiger partial charge in [-0.25, -0.2) is 19.4 Å². The predicted molar refractivity (Wildman–Crippen MR) is 68.8 cm³/mol. The summed E-state index contributed by atoms with van der Waals surface area (Å²) in [6.45, 7) is 2.83. The van der Waals surface area contributed by atoms with Gasteiger partial charge in [-0.2, -0.15) is 0 Å². The summed E-state index contributed by atoms with van der Waals surface area (Å²) in [5.41, 5.74) is 0.727. The summed E-state index contributed by atoms with van der Waals surface area (Å²) in [6.07, 6.45) is 2.78. The van der Waals surface area contributed by atoms with E-state index in [4.69, 9.17) is 9.84 Å². The Balaban J connectivity index is 1.94. The minimum atomic E-state index is -1.10. The number of carbonyl (C=O) groups is 1. The van der Waals surface area contributed by atoms with E-state index in [0.717, 1.165) is 5.56 Å². The standard InChI is InChI=1S/C11H14N6O3/c1-7-9(13-6-14-10(7)20-2)12-3-4-17-5-8(11(18)19)15-16-17/h5-6H,3-4H2,1-2H3,(H,18,19)(H,12,13,14). The zero-order valence-corrected chi connectivity index (χ0v) is 11.1. The minimum Gasteiger partial charge on any atom is -0.481 e. The van der Waals surface area contributed by atoms with Crippen LogP contribution < -0.4 is 10.1 Å². The SMILES string of the molecule is COc1ncnc(NCCn2cc(C(=O)O)nn2)c1C. The fourth-order valence-corrected chi connectivity index (χ4v) is 1.61. The van der Waals surface area contributed by atoms with Crippen molar-refractivity contribution >= 4 is 11.8 Å². The summed E-state index contributed by atoms with van der Waals surface area (Å²) in [5, 5.41) is 19.1. The molecule has 0 aliphatic heterocycles. The van der Waals surface area contributed by atoms with Crippen LogP contribution in [0.25, 0.3) is 0 Å². The molecule has 9 heteroatoms. The van der Waals surface area contributed by atoms with Crippen LogP contribution in [0.1, 0.15) is 16.1 Å². The molecule has 0 amide bonds. The van der Waals surface area contributed by atoms with E-state index in [0.29, 0.717) is 24.8 Å². The number of hydrogen-bond acceptors (Lipinski definition) is 7. The second-order valence-corrected chi connectivity index (χ2v) is 3.96. The molecule has 0 spiro atoms. The first-order valence-corrected chi connectivity index (χ1v) is 5.84. The van der Waals surface area contributed by atoms with Crippen molar-refractivity contribution in [1.29, 1.82) is 0 Å². The Morgan fingerprint density at radius 2 is 2.30 bits per heavy atom. The van der Waals surface area contributed by atoms with Gasteiger partial charge in [0.1, 0.15) is 12.1 Å². The first-order chi connectivity index (χ1) is 9.61. The number of aromatic nitrogens is 5. The molecule has 2 N–H and O–H groups in total. The minimum absolute atomic E-state index is 0.0788. The van der Waals surface area contributed by atoms with E-state index in [1.54, 1.807) is 7.11 Å². The average Bonchev–Trinajstić information content (AvgIpc) is 2.90. The molecule has 0 bridgehead atoms. The smallest absolute Gasteiger partial charge is 0.358 e. The van der Waals surface area contributed by atoms with E-state index >= 15 is 0 Å². The van der Waals surface area contributed by atoms with Gasteiger partial charge in [-0.1, -0.05) is 5.21 Å². The van der Waals surface area contributed by atoms with Crippen LogP contribution in [0.3, 0.4) is 0 Å². The van der Waals surface area contributed by atoms with E-state index in [-0.39, 0.29) is 5.69 Å². The number of aromatic carboxylic acids is 1. The normalized spacial score (nSPS) is 10.3. The Kier molecular flexibility index (Phi) is 4.08. The largest absolute Gasteiger partial charge is 0.481 e. The number of ether oxygens (including phenoxy) is 1. The number of methoxy groups -OCH3 is 1. The van der Waals surface area contributed by atoms with E-state index in [1.807, 2.05) is 6.92 Å². The van der Waals surface area contributed by atoms with Crippen molar-refractivity contribution < 1.29 is 14.6 Å². The third kappa shape index (κ3) is 2.99. The van der Waals surface area contributed by atoms with Gasteiger partial charge in [0.25, 0.3) is 0 Å². The molecule has 20 heavy (non-hydrogen) atoms. The Morgan fingerprint density at radius 1 is 1.50 bits per heavy atom. The summed E-state index contributed by atoms with van der Waals surface area (Å²) in [6, 6.07) is 0. The fraction of sp³-hybridized carbons (Fsp3) is 0.364. The molecule has 2 aromatic heterocycles. The van der Waals surface area contributed by atoms with Gasteiger partial charge < -0.3 is 15.2 Å². The molecule has 2 rings (SSSR count). The topological polar surface area (TPSA) is 115 Å². The highest BCUT2D eigenvalue weighted by Gasteiger charge is 2.09. The van der Waals surface area contributed by atoms with Crippen LogP contribution in [0.4, 0.5) is 5.82 Å². The second kappa shape index (κ2) is 5.95. The Hall–Kier alpha value is -2.71. The van der Waals surface area contributed by atoms with Gasteiger partial charge in [-0.15, -0.1) is 5.10 Å². The van der Waals surface area contributed by atoms with Gasteiger partial charge in [0.2, 0.25) is 5.88 Å². The van der Waals surface area contributed by atoms with Crippen molar-refractivity contribution in [2.75, 3.05) is 19.0 Å². The lowest BCUT2D eigenvalue weighted by atomic mass is 10.3. The van der Waals surface area contributed by atoms with E-state index in [9.17, 15) is 4.79 Å². The molecule has 2 heterocycles. The van der Waals surface area contributed by atoms with Crippen LogP contribution >= 0.6 is 0 Å². The first kappa shape index (κ1) is 13.7. The molecule has 0 aliphatic carbocycles. The van der Waals surface area contributed by atoms with Gasteiger partial charge in [0.05, 0.1) is 25.4 Å². The van der Waals surface area contributed by atoms with Gasteiger partial charge in [0, 0.05) is 6.54 Å². The number of nitrogens with zero attached hydrogens (tertiary/aromatic N) is 5. The maximum absolute atomic E-state index is 10.7. The van der Waals surface area contributed by atoms with Crippen LogP contribution in [0, 0.1) is 6.92 Å². The molecule has 0 aromatic carbocycles. The summed E-state index contributed by atoms with van der Waals surface area (Å²) in [5.74, 6) is 0.0763. The van der Waals surface area contributed by atoms with Crippen molar-refractivity contribution in [3.05, 3.63) is 23.8 Å². The average molecular weight is 278 g/mol. The Bertz CT molecular complexity index is 612. The van der Waals surface area contributed by atoms with Crippen molar-refractivity contribution in [1.82, 2.24) is 25.0 Å². The van der Waals surface area contributed by atoms with Crippen molar-refractivity contribution in [3.8, 4) is 5.88 Å². The molecule has 0 atom stereocenters. The highest BCUT2D eigenvalue weighted by molar-refractivity contribution is 5.84. The summed E-state index contributed by atoms with van der Waals surface area (Å²) in [7, 11) is 1.54. The zero-order chi connectivity index (χ0) is 14.5. The summed E-state index contributed by atoms with van der Waals surface area (Å²) < 4.78 is 6.54. The number of hydrogen-bond donors (Lipinski definition) is 2. The predicted octanol–water partition coefficient (Wildman–Crippen LogP) is 0.195. The van der Waals surface area contributed by atoms with Crippen LogP contribution in [-0.4, -0.2) is 49.7 Å². The molecular weight excluding hydrogens is 264 g/mol. The summed E-state index contributed by atoms with van der Waals surface area (Å²) >= 11 is 0. The lowest BCUT2D eigenvalue weighted by Gasteiger charge is -2.10. The van der Waals surface area contributed by atoms with Gasteiger partial charge in [-0.3, -0.25) is 0 Å². The highest BCUT2D eigenvalue weighted by atomic mass is 16.5. The molecule has 0 saturated heterocycles. The number of carboxylic acids is 1. The Morgan fingerprint density at radius 3 is 2.95 bits per heavy atom. The maximum Gasteiger partial charge on any atom is 0.358 e. The van der Waals surface area contributed by atoms with Crippen LogP contribution in [0.15, 0.2) is 12.5 Å². The second-order valence-electron chi connectivity index (χ2n) is 3.96. The van der Waals surface area contributed by atoms with E-state index in [1.165, 1.54) is 17.2 Å². The lowest BCUT2D eigenvalue weighted by Crippen LogP contribution is -2.13. The maximum atomic E-state index is 10.7. The van der Waals surface area contributed by atoms with E-state index < -0.39 is 5.97 Å². The molecule has 0 fully saturated rings. The molecule has 0 saturated carbocycles. The molecule has 0 aliphatic rings. The zero-order valence-electron chi connectivity index (χ0n) is 11.1. The molecule has 0 unspecified atom stereocenters. The van der Waals surface area contributed by atoms with Crippen LogP contribution in [-0.2, 0) is 6.54 Å². The molecule has 0 radical (unpaired) electrons.